The van der Waals surface area contributed by atoms with Gasteiger partial charge in [-0.15, -0.1) is 5.06 Å². The van der Waals surface area contributed by atoms with Crippen LogP contribution in [-0.4, -0.2) is 40.3 Å². The standard InChI is InChI=1S/C22H25N3O5/c1-3-14(4-2)11-12-23-21(28)18-8-5-15-13-16(6-7-17(15)24-18)22(29)30-25-19(26)9-10-20(25)27/h5-8,13-14H,3-4,9-12H2,1-2H3,(H,23,28). The van der Waals surface area contributed by atoms with Crippen LogP contribution in [0.2, 0.25) is 0 Å². The van der Waals surface area contributed by atoms with Crippen molar-refractivity contribution in [1.82, 2.24) is 15.4 Å². The topological polar surface area (TPSA) is 106 Å². The molecule has 0 radical (unpaired) electrons. The van der Waals surface area contributed by atoms with Gasteiger partial charge in [0, 0.05) is 24.8 Å². The summed E-state index contributed by atoms with van der Waals surface area (Å²) >= 11 is 0. The highest BCUT2D eigenvalue weighted by Gasteiger charge is 2.33. The molecule has 0 unspecified atom stereocenters. The number of benzene rings is 1. The van der Waals surface area contributed by atoms with E-state index in [2.05, 4.69) is 24.1 Å². The molecule has 1 aromatic heterocycles. The molecule has 1 aromatic carbocycles. The maximum absolute atomic E-state index is 12.4. The molecule has 0 atom stereocenters. The molecular formula is C22H25N3O5. The predicted molar refractivity (Wildman–Crippen MR) is 109 cm³/mol. The third kappa shape index (κ3) is 4.82. The van der Waals surface area contributed by atoms with Gasteiger partial charge in [0.2, 0.25) is 0 Å². The van der Waals surface area contributed by atoms with E-state index in [0.717, 1.165) is 19.3 Å². The van der Waals surface area contributed by atoms with Crippen molar-refractivity contribution in [2.75, 3.05) is 6.54 Å². The van der Waals surface area contributed by atoms with E-state index in [-0.39, 0.29) is 24.3 Å². The average molecular weight is 411 g/mol. The minimum absolute atomic E-state index is 0.0378. The summed E-state index contributed by atoms with van der Waals surface area (Å²) in [5.74, 6) is -1.51. The Labute approximate surface area is 174 Å². The van der Waals surface area contributed by atoms with Gasteiger partial charge in [0.05, 0.1) is 11.1 Å². The monoisotopic (exact) mass is 411 g/mol. The molecule has 1 aliphatic heterocycles. The van der Waals surface area contributed by atoms with Crippen molar-refractivity contribution in [2.45, 2.75) is 46.0 Å². The second kappa shape index (κ2) is 9.47. The summed E-state index contributed by atoms with van der Waals surface area (Å²) in [6, 6.07) is 7.92. The Balaban J connectivity index is 1.66. The molecule has 158 valence electrons. The van der Waals surface area contributed by atoms with Crippen LogP contribution in [0.5, 0.6) is 0 Å². The van der Waals surface area contributed by atoms with Crippen LogP contribution in [-0.2, 0) is 14.4 Å². The SMILES string of the molecule is CCC(CC)CCNC(=O)c1ccc2cc(C(=O)ON3C(=O)CCC3=O)ccc2n1. The van der Waals surface area contributed by atoms with Gasteiger partial charge in [-0.25, -0.2) is 9.78 Å². The lowest BCUT2D eigenvalue weighted by Crippen LogP contribution is -2.32. The van der Waals surface area contributed by atoms with E-state index in [1.54, 1.807) is 24.3 Å². The van der Waals surface area contributed by atoms with Crippen LogP contribution in [0, 0.1) is 5.92 Å². The zero-order valence-corrected chi connectivity index (χ0v) is 17.1. The van der Waals surface area contributed by atoms with Crippen LogP contribution in [0.15, 0.2) is 30.3 Å². The number of pyridine rings is 1. The van der Waals surface area contributed by atoms with Crippen molar-refractivity contribution in [3.8, 4) is 0 Å². The molecule has 30 heavy (non-hydrogen) atoms. The minimum Gasteiger partial charge on any atom is -0.351 e. The lowest BCUT2D eigenvalue weighted by atomic mass is 10.00. The Hall–Kier alpha value is -3.29. The van der Waals surface area contributed by atoms with Gasteiger partial charge >= 0.3 is 5.97 Å². The Bertz CT molecular complexity index is 968. The first-order valence-corrected chi connectivity index (χ1v) is 10.2. The summed E-state index contributed by atoms with van der Waals surface area (Å²) < 4.78 is 0. The fourth-order valence-corrected chi connectivity index (χ4v) is 3.35. The number of rotatable bonds is 8. The molecule has 2 heterocycles. The van der Waals surface area contributed by atoms with Crippen LogP contribution < -0.4 is 5.32 Å². The zero-order chi connectivity index (χ0) is 21.7. The highest BCUT2D eigenvalue weighted by molar-refractivity contribution is 6.03. The van der Waals surface area contributed by atoms with E-state index in [1.165, 1.54) is 6.07 Å². The number of carbonyl (C=O) groups is 4. The van der Waals surface area contributed by atoms with Gasteiger partial charge in [-0.3, -0.25) is 14.4 Å². The Morgan fingerprint density at radius 1 is 1.10 bits per heavy atom. The van der Waals surface area contributed by atoms with E-state index in [1.807, 2.05) is 0 Å². The number of carbonyl (C=O) groups excluding carboxylic acids is 4. The third-order valence-electron chi connectivity index (χ3n) is 5.33. The summed E-state index contributed by atoms with van der Waals surface area (Å²) in [7, 11) is 0. The van der Waals surface area contributed by atoms with Gasteiger partial charge in [-0.05, 0) is 36.6 Å². The van der Waals surface area contributed by atoms with Crippen molar-refractivity contribution in [3.05, 3.63) is 41.6 Å². The van der Waals surface area contributed by atoms with Gasteiger partial charge in [-0.1, -0.05) is 32.8 Å². The molecule has 3 amide bonds. The first-order chi connectivity index (χ1) is 14.4. The van der Waals surface area contributed by atoms with E-state index in [9.17, 15) is 19.2 Å². The molecule has 1 fully saturated rings. The minimum atomic E-state index is -0.802. The molecule has 0 saturated carbocycles. The van der Waals surface area contributed by atoms with Crippen LogP contribution in [0.1, 0.15) is 66.8 Å². The molecular weight excluding hydrogens is 386 g/mol. The van der Waals surface area contributed by atoms with E-state index < -0.39 is 17.8 Å². The largest absolute Gasteiger partial charge is 0.363 e. The van der Waals surface area contributed by atoms with Crippen LogP contribution in [0.4, 0.5) is 0 Å². The normalized spacial score (nSPS) is 13.9. The summed E-state index contributed by atoms with van der Waals surface area (Å²) in [5.41, 5.74) is 1.03. The van der Waals surface area contributed by atoms with Gasteiger partial charge in [0.25, 0.3) is 17.7 Å². The van der Waals surface area contributed by atoms with Gasteiger partial charge in [0.15, 0.2) is 0 Å². The van der Waals surface area contributed by atoms with Crippen LogP contribution >= 0.6 is 0 Å². The maximum Gasteiger partial charge on any atom is 0.363 e. The molecule has 2 aromatic rings. The Morgan fingerprint density at radius 3 is 2.47 bits per heavy atom. The lowest BCUT2D eigenvalue weighted by Gasteiger charge is -2.13. The quantitative estimate of drug-likeness (QED) is 0.670. The van der Waals surface area contributed by atoms with Gasteiger partial charge in [0.1, 0.15) is 5.69 Å². The smallest absolute Gasteiger partial charge is 0.351 e. The second-order valence-corrected chi connectivity index (χ2v) is 7.29. The maximum atomic E-state index is 12.4. The fraction of sp³-hybridized carbons (Fsp3) is 0.409. The number of nitrogens with zero attached hydrogens (tertiary/aromatic N) is 2. The first-order valence-electron chi connectivity index (χ1n) is 10.2. The number of fused-ring (bicyclic) bond motifs is 1. The molecule has 0 aliphatic carbocycles. The zero-order valence-electron chi connectivity index (χ0n) is 17.1. The number of hydrogen-bond donors (Lipinski definition) is 1. The molecule has 1 aliphatic rings. The van der Waals surface area contributed by atoms with Gasteiger partial charge in [-0.2, -0.15) is 0 Å². The van der Waals surface area contributed by atoms with Crippen LogP contribution in [0.3, 0.4) is 0 Å². The molecule has 8 heteroatoms. The Morgan fingerprint density at radius 2 is 1.80 bits per heavy atom. The second-order valence-electron chi connectivity index (χ2n) is 7.29. The van der Waals surface area contributed by atoms with Crippen molar-refractivity contribution >= 4 is 34.6 Å². The van der Waals surface area contributed by atoms with E-state index >= 15 is 0 Å². The molecule has 8 nitrogen and oxygen atoms in total. The molecule has 1 N–H and O–H groups in total. The Kier molecular flexibility index (Phi) is 6.76. The first kappa shape index (κ1) is 21.4. The molecule has 1 saturated heterocycles. The van der Waals surface area contributed by atoms with E-state index in [0.29, 0.717) is 34.1 Å². The number of amides is 3. The molecule has 0 bridgehead atoms. The number of hydrogen-bond acceptors (Lipinski definition) is 6. The van der Waals surface area contributed by atoms with Crippen molar-refractivity contribution in [2.24, 2.45) is 5.92 Å². The third-order valence-corrected chi connectivity index (χ3v) is 5.33. The number of hydroxylamine groups is 2. The number of nitrogens with one attached hydrogen (secondary N) is 1. The lowest BCUT2D eigenvalue weighted by molar-refractivity contribution is -0.172. The fourth-order valence-electron chi connectivity index (χ4n) is 3.35. The predicted octanol–water partition coefficient (Wildman–Crippen LogP) is 3.01. The van der Waals surface area contributed by atoms with E-state index in [4.69, 9.17) is 4.84 Å². The molecule has 3 rings (SSSR count). The average Bonchev–Trinajstić information content (AvgIpc) is 3.07. The number of imide groups is 1. The summed E-state index contributed by atoms with van der Waals surface area (Å²) in [4.78, 5) is 57.1. The number of aromatic nitrogens is 1. The summed E-state index contributed by atoms with van der Waals surface area (Å²) in [6.07, 6.45) is 3.18. The van der Waals surface area contributed by atoms with Crippen molar-refractivity contribution in [1.29, 1.82) is 0 Å². The van der Waals surface area contributed by atoms with Crippen molar-refractivity contribution in [3.63, 3.8) is 0 Å². The summed E-state index contributed by atoms with van der Waals surface area (Å²) in [5, 5.41) is 4.05. The summed E-state index contributed by atoms with van der Waals surface area (Å²) in [6.45, 7) is 4.89. The van der Waals surface area contributed by atoms with Crippen LogP contribution in [0.25, 0.3) is 10.9 Å². The van der Waals surface area contributed by atoms with Gasteiger partial charge < -0.3 is 10.2 Å². The highest BCUT2D eigenvalue weighted by atomic mass is 16.7. The molecule has 0 spiro atoms. The highest BCUT2D eigenvalue weighted by Crippen LogP contribution is 2.18. The van der Waals surface area contributed by atoms with Crippen molar-refractivity contribution < 1.29 is 24.0 Å².